The maximum atomic E-state index is 14.3. The van der Waals surface area contributed by atoms with Crippen LogP contribution in [0.1, 0.15) is 116 Å². The second-order valence-electron chi connectivity index (χ2n) is 18.8. The smallest absolute Gasteiger partial charge is 0.284 e. The van der Waals surface area contributed by atoms with Crippen LogP contribution in [0.2, 0.25) is 0 Å². The number of imide groups is 1. The average Bonchev–Trinajstić information content (AvgIpc) is 3.78. The van der Waals surface area contributed by atoms with Gasteiger partial charge in [0, 0.05) is 56.9 Å². The summed E-state index contributed by atoms with van der Waals surface area (Å²) in [5, 5.41) is 19.6. The van der Waals surface area contributed by atoms with Crippen molar-refractivity contribution >= 4 is 45.8 Å². The number of alkyl halides is 2. The third kappa shape index (κ3) is 8.61. The van der Waals surface area contributed by atoms with E-state index < -0.39 is 23.9 Å². The van der Waals surface area contributed by atoms with Crippen LogP contribution in [0, 0.1) is 23.7 Å². The second-order valence-corrected chi connectivity index (χ2v) is 18.8. The molecule has 3 atom stereocenters. The van der Waals surface area contributed by atoms with Crippen LogP contribution < -0.4 is 15.5 Å². The zero-order chi connectivity index (χ0) is 44.2. The highest BCUT2D eigenvalue weighted by Gasteiger charge is 2.40. The van der Waals surface area contributed by atoms with E-state index in [1.807, 2.05) is 28.9 Å². The summed E-state index contributed by atoms with van der Waals surface area (Å²) in [6.45, 7) is 5.37. The molecular formula is C47H53F2N11O5. The van der Waals surface area contributed by atoms with E-state index in [-0.39, 0.29) is 47.4 Å². The van der Waals surface area contributed by atoms with Crippen LogP contribution in [0.5, 0.6) is 0 Å². The monoisotopic (exact) mass is 889 g/mol. The lowest BCUT2D eigenvalue weighted by Crippen LogP contribution is -2.40. The fourth-order valence-electron chi connectivity index (χ4n) is 10.7. The Morgan fingerprint density at radius 3 is 2.55 bits per heavy atom. The first-order chi connectivity index (χ1) is 31.7. The first kappa shape index (κ1) is 41.9. The van der Waals surface area contributed by atoms with E-state index in [1.165, 1.54) is 23.6 Å². The van der Waals surface area contributed by atoms with Crippen LogP contribution >= 0.6 is 0 Å². The Morgan fingerprint density at radius 1 is 0.985 bits per heavy atom. The molecule has 4 aliphatic heterocycles. The Balaban J connectivity index is 0.660. The highest BCUT2D eigenvalue weighted by molar-refractivity contribution is 6.08. The van der Waals surface area contributed by atoms with Gasteiger partial charge in [0.2, 0.25) is 11.8 Å². The molecular weight excluding hydrogens is 837 g/mol. The van der Waals surface area contributed by atoms with Crippen molar-refractivity contribution in [2.45, 2.75) is 114 Å². The minimum absolute atomic E-state index is 0.00186. The van der Waals surface area contributed by atoms with Gasteiger partial charge >= 0.3 is 0 Å². The standard InChI is InChI=1S/C47H53F2N11O5/c48-44(49)42-38(51-47(63)37-22-50-58-19-16-39(52-45(37)58)57-25-34-21-32(57)27-65-34)26-59(55-42)31-10-8-28(9-11-31)23-56-17-14-33(15-18-56)64-20-2-4-30-3-1-5-35-41(36-12-13-40(61)53-46(36)62)54-60(43(30)35)24-29-6-7-29/h1,3,5,16,19,22,26,28-29,31-34,36,44H,6-15,17-18,20-21,23-25,27H2,(H,51,63)(H,53,61,62)/t28?,31?,32-,34-,36?/m0/s1. The van der Waals surface area contributed by atoms with Crippen molar-refractivity contribution in [3.8, 4) is 11.8 Å². The topological polar surface area (TPSA) is 166 Å². The number of benzene rings is 1. The number of morpholine rings is 1. The van der Waals surface area contributed by atoms with E-state index in [0.717, 1.165) is 106 Å². The zero-order valence-corrected chi connectivity index (χ0v) is 36.2. The van der Waals surface area contributed by atoms with Crippen LogP contribution in [0.3, 0.4) is 0 Å². The zero-order valence-electron chi connectivity index (χ0n) is 36.2. The van der Waals surface area contributed by atoms with Crippen molar-refractivity contribution in [3.05, 3.63) is 65.4 Å². The summed E-state index contributed by atoms with van der Waals surface area (Å²) in [7, 11) is 0. The van der Waals surface area contributed by atoms with Crippen LogP contribution in [-0.4, -0.2) is 114 Å². The van der Waals surface area contributed by atoms with Crippen LogP contribution in [-0.2, 0) is 25.6 Å². The van der Waals surface area contributed by atoms with Gasteiger partial charge in [-0.1, -0.05) is 24.0 Å². The number of aromatic nitrogens is 7. The summed E-state index contributed by atoms with van der Waals surface area (Å²) in [4.78, 5) is 47.6. The molecule has 6 fully saturated rings. The van der Waals surface area contributed by atoms with Gasteiger partial charge in [0.05, 0.1) is 65.5 Å². The Morgan fingerprint density at radius 2 is 1.80 bits per heavy atom. The number of rotatable bonds is 12. The molecule has 2 saturated carbocycles. The second kappa shape index (κ2) is 17.6. The highest BCUT2D eigenvalue weighted by atomic mass is 19.3. The molecule has 11 rings (SSSR count). The molecule has 3 amide bonds. The van der Waals surface area contributed by atoms with Gasteiger partial charge in [0.1, 0.15) is 18.0 Å². The van der Waals surface area contributed by atoms with Gasteiger partial charge in [-0.05, 0) is 88.2 Å². The van der Waals surface area contributed by atoms with Crippen LogP contribution in [0.15, 0.2) is 42.9 Å². The summed E-state index contributed by atoms with van der Waals surface area (Å²) >= 11 is 0. The molecule has 2 N–H and O–H groups in total. The highest BCUT2D eigenvalue weighted by Crippen LogP contribution is 2.38. The number of carbonyl (C=O) groups excluding carboxylic acids is 3. The maximum absolute atomic E-state index is 14.3. The molecule has 5 aromatic rings. The SMILES string of the molecule is O=C1CCC(c2nn(CC3CC3)c3c(C#CCOC4CCN(CC5CCC(n6cc(NC(=O)c7cnn8ccc(N9C[C@@H]%10C[C@H]9CO%10)nc78)c(C(F)F)n6)CC5)CC4)cccc23)C(=O)N1. The van der Waals surface area contributed by atoms with Crippen molar-refractivity contribution in [2.75, 3.05) is 49.6 Å². The molecule has 2 bridgehead atoms. The minimum Gasteiger partial charge on any atom is -0.374 e. The number of piperidine rings is 2. The third-order valence-electron chi connectivity index (χ3n) is 14.4. The summed E-state index contributed by atoms with van der Waals surface area (Å²) in [5.41, 5.74) is 2.65. The lowest BCUT2D eigenvalue weighted by molar-refractivity contribution is -0.134. The van der Waals surface area contributed by atoms with E-state index in [2.05, 4.69) is 42.5 Å². The fraction of sp³-hybridized carbons (Fsp3) is 0.553. The number of hydrogen-bond acceptors (Lipinski definition) is 11. The number of halogens is 2. The number of carbonyl (C=O) groups is 3. The van der Waals surface area contributed by atoms with Crippen molar-refractivity contribution in [3.63, 3.8) is 0 Å². The number of para-hydroxylation sites is 1. The Bertz CT molecular complexity index is 2680. The average molecular weight is 890 g/mol. The Hall–Kier alpha value is -5.77. The van der Waals surface area contributed by atoms with E-state index in [0.29, 0.717) is 43.5 Å². The predicted octanol–water partition coefficient (Wildman–Crippen LogP) is 5.64. The van der Waals surface area contributed by atoms with Crippen LogP contribution in [0.25, 0.3) is 16.6 Å². The molecule has 0 spiro atoms. The number of likely N-dealkylation sites (tertiary alicyclic amines) is 1. The number of nitrogens with zero attached hydrogens (tertiary/aromatic N) is 9. The Labute approximate surface area is 374 Å². The maximum Gasteiger partial charge on any atom is 0.284 e. The molecule has 18 heteroatoms. The molecule has 65 heavy (non-hydrogen) atoms. The molecule has 4 saturated heterocycles. The lowest BCUT2D eigenvalue weighted by Gasteiger charge is -2.36. The summed E-state index contributed by atoms with van der Waals surface area (Å²) in [6.07, 6.45) is 11.7. The lowest BCUT2D eigenvalue weighted by atomic mass is 9.85. The van der Waals surface area contributed by atoms with Crippen LogP contribution in [0.4, 0.5) is 20.3 Å². The third-order valence-corrected chi connectivity index (χ3v) is 14.4. The summed E-state index contributed by atoms with van der Waals surface area (Å²) in [5.74, 6) is 6.87. The van der Waals surface area contributed by atoms with Crippen molar-refractivity contribution < 1.29 is 32.6 Å². The first-order valence-electron chi connectivity index (χ1n) is 23.3. The minimum atomic E-state index is -2.85. The number of amides is 3. The molecule has 1 aromatic carbocycles. The Kier molecular flexibility index (Phi) is 11.3. The van der Waals surface area contributed by atoms with Gasteiger partial charge in [-0.3, -0.25) is 29.1 Å². The first-order valence-corrected chi connectivity index (χ1v) is 23.3. The van der Waals surface area contributed by atoms with Gasteiger partial charge in [0.25, 0.3) is 12.3 Å². The van der Waals surface area contributed by atoms with Gasteiger partial charge < -0.3 is 24.6 Å². The largest absolute Gasteiger partial charge is 0.374 e. The van der Waals surface area contributed by atoms with Gasteiger partial charge in [0.15, 0.2) is 11.3 Å². The number of fused-ring (bicyclic) bond motifs is 4. The molecule has 16 nitrogen and oxygen atoms in total. The molecule has 340 valence electrons. The van der Waals surface area contributed by atoms with Gasteiger partial charge in [-0.15, -0.1) is 0 Å². The predicted molar refractivity (Wildman–Crippen MR) is 234 cm³/mol. The molecule has 6 aliphatic rings. The number of anilines is 2. The molecule has 1 unspecified atom stereocenters. The number of hydrogen-bond donors (Lipinski definition) is 2. The van der Waals surface area contributed by atoms with E-state index in [9.17, 15) is 23.2 Å². The molecule has 0 radical (unpaired) electrons. The molecule has 8 heterocycles. The number of nitrogens with one attached hydrogen (secondary N) is 2. The molecule has 2 aliphatic carbocycles. The van der Waals surface area contributed by atoms with Crippen molar-refractivity contribution in [1.29, 1.82) is 0 Å². The summed E-state index contributed by atoms with van der Waals surface area (Å²) in [6, 6.07) is 8.04. The van der Waals surface area contributed by atoms with Gasteiger partial charge in [-0.2, -0.15) is 15.3 Å². The normalized spacial score (nSPS) is 25.2. The summed E-state index contributed by atoms with van der Waals surface area (Å²) < 4.78 is 45.8. The van der Waals surface area contributed by atoms with Crippen molar-refractivity contribution in [2.24, 2.45) is 11.8 Å². The van der Waals surface area contributed by atoms with E-state index in [4.69, 9.17) is 19.6 Å². The number of ether oxygens (including phenoxy) is 2. The van der Waals surface area contributed by atoms with E-state index >= 15 is 0 Å². The quantitative estimate of drug-likeness (QED) is 0.118. The van der Waals surface area contributed by atoms with E-state index in [1.54, 1.807) is 17.1 Å². The molecule has 4 aromatic heterocycles. The fourth-order valence-corrected chi connectivity index (χ4v) is 10.7. The van der Waals surface area contributed by atoms with Crippen molar-refractivity contribution in [1.82, 2.24) is 44.4 Å². The van der Waals surface area contributed by atoms with Gasteiger partial charge in [-0.25, -0.2) is 18.3 Å².